The summed E-state index contributed by atoms with van der Waals surface area (Å²) in [7, 11) is 0. The minimum Gasteiger partial charge on any atom is -0.381 e. The molecule has 1 saturated heterocycles. The van der Waals surface area contributed by atoms with Gasteiger partial charge in [0.2, 0.25) is 5.91 Å². The fourth-order valence-electron chi connectivity index (χ4n) is 2.68. The van der Waals surface area contributed by atoms with E-state index < -0.39 is 0 Å². The van der Waals surface area contributed by atoms with Crippen LogP contribution >= 0.6 is 0 Å². The van der Waals surface area contributed by atoms with Crippen LogP contribution in [0.3, 0.4) is 0 Å². The summed E-state index contributed by atoms with van der Waals surface area (Å²) in [5.41, 5.74) is 0. The number of ether oxygens (including phenoxy) is 2. The zero-order valence-corrected chi connectivity index (χ0v) is 11.2. The van der Waals surface area contributed by atoms with Gasteiger partial charge >= 0.3 is 0 Å². The fraction of sp³-hybridized carbons (Fsp3) is 0.929. The third-order valence-electron chi connectivity index (χ3n) is 3.80. The Morgan fingerprint density at radius 2 is 2.11 bits per heavy atom. The van der Waals surface area contributed by atoms with Crippen molar-refractivity contribution in [3.63, 3.8) is 0 Å². The summed E-state index contributed by atoms with van der Waals surface area (Å²) in [5.74, 6) is 0.589. The second kappa shape index (κ2) is 7.74. The number of amides is 1. The zero-order chi connectivity index (χ0) is 12.6. The van der Waals surface area contributed by atoms with Gasteiger partial charge in [0.25, 0.3) is 0 Å². The van der Waals surface area contributed by atoms with E-state index in [9.17, 15) is 4.79 Å². The van der Waals surface area contributed by atoms with E-state index in [0.717, 1.165) is 39.2 Å². The molecule has 1 aliphatic heterocycles. The molecule has 0 spiro atoms. The number of nitrogens with one attached hydrogen (secondary N) is 1. The molecule has 1 saturated carbocycles. The lowest BCUT2D eigenvalue weighted by Gasteiger charge is -2.11. The van der Waals surface area contributed by atoms with Gasteiger partial charge in [0.1, 0.15) is 0 Å². The predicted octanol–water partition coefficient (Wildman–Crippen LogP) is 1.88. The largest absolute Gasteiger partial charge is 0.381 e. The van der Waals surface area contributed by atoms with Crippen LogP contribution < -0.4 is 5.32 Å². The van der Waals surface area contributed by atoms with Gasteiger partial charge in [0, 0.05) is 32.8 Å². The number of rotatable bonds is 7. The third kappa shape index (κ3) is 4.94. The summed E-state index contributed by atoms with van der Waals surface area (Å²) in [6.45, 7) is 3.07. The van der Waals surface area contributed by atoms with E-state index in [0.29, 0.717) is 18.4 Å². The van der Waals surface area contributed by atoms with Crippen molar-refractivity contribution in [3.05, 3.63) is 0 Å². The summed E-state index contributed by atoms with van der Waals surface area (Å²) in [6, 6.07) is 0. The molecule has 0 unspecified atom stereocenters. The molecule has 2 fully saturated rings. The van der Waals surface area contributed by atoms with E-state index in [1.165, 1.54) is 25.7 Å². The standard InChI is InChI=1S/C14H25NO3/c16-14(10-12-6-9-17-11-12)15-7-3-8-18-13-4-1-2-5-13/h12-13H,1-11H2,(H,15,16)/t12-/m1/s1. The Kier molecular flexibility index (Phi) is 5.94. The molecule has 1 N–H and O–H groups in total. The van der Waals surface area contributed by atoms with Crippen LogP contribution in [-0.2, 0) is 14.3 Å². The fourth-order valence-corrected chi connectivity index (χ4v) is 2.68. The smallest absolute Gasteiger partial charge is 0.220 e. The lowest BCUT2D eigenvalue weighted by atomic mass is 10.1. The molecule has 4 heteroatoms. The Labute approximate surface area is 109 Å². The summed E-state index contributed by atoms with van der Waals surface area (Å²) < 4.78 is 11.0. The first-order valence-electron chi connectivity index (χ1n) is 7.30. The molecule has 0 radical (unpaired) electrons. The molecule has 0 aromatic rings. The Balaban J connectivity index is 1.43. The second-order valence-corrected chi connectivity index (χ2v) is 5.41. The predicted molar refractivity (Wildman–Crippen MR) is 69.4 cm³/mol. The van der Waals surface area contributed by atoms with E-state index in [4.69, 9.17) is 9.47 Å². The average molecular weight is 255 g/mol. The highest BCUT2D eigenvalue weighted by atomic mass is 16.5. The van der Waals surface area contributed by atoms with Gasteiger partial charge in [-0.2, -0.15) is 0 Å². The highest BCUT2D eigenvalue weighted by Gasteiger charge is 2.18. The van der Waals surface area contributed by atoms with Crippen molar-refractivity contribution < 1.29 is 14.3 Å². The first-order valence-corrected chi connectivity index (χ1v) is 7.30. The number of hydrogen-bond acceptors (Lipinski definition) is 3. The molecular formula is C14H25NO3. The van der Waals surface area contributed by atoms with Gasteiger partial charge in [0.15, 0.2) is 0 Å². The highest BCUT2D eigenvalue weighted by molar-refractivity contribution is 5.76. The van der Waals surface area contributed by atoms with Gasteiger partial charge in [0.05, 0.1) is 6.10 Å². The van der Waals surface area contributed by atoms with Gasteiger partial charge in [-0.05, 0) is 31.6 Å². The molecule has 1 amide bonds. The first kappa shape index (κ1) is 13.8. The van der Waals surface area contributed by atoms with Gasteiger partial charge in [-0.3, -0.25) is 4.79 Å². The molecule has 1 atom stereocenters. The molecular weight excluding hydrogens is 230 g/mol. The Bertz CT molecular complexity index is 245. The molecule has 104 valence electrons. The SMILES string of the molecule is O=C(C[C@H]1CCOC1)NCCCOC1CCCC1. The van der Waals surface area contributed by atoms with Crippen LogP contribution in [0.5, 0.6) is 0 Å². The average Bonchev–Trinajstić information content (AvgIpc) is 3.01. The second-order valence-electron chi connectivity index (χ2n) is 5.41. The van der Waals surface area contributed by atoms with Crippen LogP contribution in [-0.4, -0.2) is 38.4 Å². The summed E-state index contributed by atoms with van der Waals surface area (Å²) in [4.78, 5) is 11.6. The monoisotopic (exact) mass is 255 g/mol. The quantitative estimate of drug-likeness (QED) is 0.707. The van der Waals surface area contributed by atoms with E-state index in [1.807, 2.05) is 0 Å². The summed E-state index contributed by atoms with van der Waals surface area (Å²) in [5, 5.41) is 2.96. The minimum absolute atomic E-state index is 0.159. The van der Waals surface area contributed by atoms with Crippen molar-refractivity contribution in [2.24, 2.45) is 5.92 Å². The zero-order valence-electron chi connectivity index (χ0n) is 11.2. The molecule has 4 nitrogen and oxygen atoms in total. The van der Waals surface area contributed by atoms with E-state index in [2.05, 4.69) is 5.32 Å². The normalized spacial score (nSPS) is 24.6. The molecule has 0 aromatic heterocycles. The lowest BCUT2D eigenvalue weighted by molar-refractivity contribution is -0.122. The maximum atomic E-state index is 11.6. The molecule has 0 aromatic carbocycles. The summed E-state index contributed by atoms with van der Waals surface area (Å²) >= 11 is 0. The van der Waals surface area contributed by atoms with Crippen LogP contribution in [0, 0.1) is 5.92 Å². The molecule has 0 bridgehead atoms. The van der Waals surface area contributed by atoms with E-state index in [1.54, 1.807) is 0 Å². The molecule has 2 aliphatic rings. The van der Waals surface area contributed by atoms with Crippen molar-refractivity contribution in [1.29, 1.82) is 0 Å². The van der Waals surface area contributed by atoms with Gasteiger partial charge < -0.3 is 14.8 Å². The molecule has 2 rings (SSSR count). The Morgan fingerprint density at radius 3 is 2.83 bits per heavy atom. The minimum atomic E-state index is 0.159. The van der Waals surface area contributed by atoms with Gasteiger partial charge in [-0.1, -0.05) is 12.8 Å². The maximum absolute atomic E-state index is 11.6. The van der Waals surface area contributed by atoms with Crippen molar-refractivity contribution in [1.82, 2.24) is 5.32 Å². The lowest BCUT2D eigenvalue weighted by Crippen LogP contribution is -2.27. The Morgan fingerprint density at radius 1 is 1.28 bits per heavy atom. The van der Waals surface area contributed by atoms with E-state index in [-0.39, 0.29) is 5.91 Å². The van der Waals surface area contributed by atoms with Crippen LogP contribution in [0.4, 0.5) is 0 Å². The third-order valence-corrected chi connectivity index (χ3v) is 3.80. The van der Waals surface area contributed by atoms with Crippen molar-refractivity contribution in [3.8, 4) is 0 Å². The van der Waals surface area contributed by atoms with Crippen LogP contribution in [0.15, 0.2) is 0 Å². The van der Waals surface area contributed by atoms with Crippen molar-refractivity contribution in [2.45, 2.75) is 51.0 Å². The van der Waals surface area contributed by atoms with Gasteiger partial charge in [-0.15, -0.1) is 0 Å². The topological polar surface area (TPSA) is 47.6 Å². The van der Waals surface area contributed by atoms with Crippen molar-refractivity contribution >= 4 is 5.91 Å². The first-order chi connectivity index (χ1) is 8.84. The Hall–Kier alpha value is -0.610. The highest BCUT2D eigenvalue weighted by Crippen LogP contribution is 2.20. The summed E-state index contributed by atoms with van der Waals surface area (Å²) in [6.07, 6.45) is 8.10. The van der Waals surface area contributed by atoms with Crippen molar-refractivity contribution in [2.75, 3.05) is 26.4 Å². The molecule has 1 aliphatic carbocycles. The number of hydrogen-bond donors (Lipinski definition) is 1. The number of carbonyl (C=O) groups is 1. The van der Waals surface area contributed by atoms with Gasteiger partial charge in [-0.25, -0.2) is 0 Å². The molecule has 18 heavy (non-hydrogen) atoms. The van der Waals surface area contributed by atoms with Crippen LogP contribution in [0.1, 0.15) is 44.9 Å². The molecule has 1 heterocycles. The van der Waals surface area contributed by atoms with E-state index >= 15 is 0 Å². The number of carbonyl (C=O) groups excluding carboxylic acids is 1. The van der Waals surface area contributed by atoms with Crippen LogP contribution in [0.25, 0.3) is 0 Å². The maximum Gasteiger partial charge on any atom is 0.220 e. The van der Waals surface area contributed by atoms with Crippen LogP contribution in [0.2, 0.25) is 0 Å².